The molecule has 1 aromatic carbocycles. The number of benzene rings is 1. The summed E-state index contributed by atoms with van der Waals surface area (Å²) in [6.45, 7) is 3.30. The fourth-order valence-electron chi connectivity index (χ4n) is 8.23. The minimum absolute atomic E-state index is 0.0309. The van der Waals surface area contributed by atoms with E-state index in [9.17, 15) is 68.4 Å². The highest BCUT2D eigenvalue weighted by Crippen LogP contribution is 2.10. The normalized spacial score (nSPS) is 15.4. The van der Waals surface area contributed by atoms with Crippen molar-refractivity contribution in [2.24, 2.45) is 0 Å². The Morgan fingerprint density at radius 3 is 1.31 bits per heavy atom. The number of nitrogens with zero attached hydrogens (tertiary/aromatic N) is 4. The van der Waals surface area contributed by atoms with Crippen LogP contribution in [0.3, 0.4) is 0 Å². The van der Waals surface area contributed by atoms with Crippen molar-refractivity contribution in [2.45, 2.75) is 121 Å². The highest BCUT2D eigenvalue weighted by Gasteiger charge is 2.28. The number of rotatable bonds is 36. The Balaban J connectivity index is 1.80. The second-order valence-corrected chi connectivity index (χ2v) is 18.7. The quantitative estimate of drug-likeness (QED) is 0.0401. The average molecular weight is 1060 g/mol. The van der Waals surface area contributed by atoms with Crippen molar-refractivity contribution in [1.29, 1.82) is 0 Å². The zero-order valence-corrected chi connectivity index (χ0v) is 43.4. The molecule has 0 aromatic heterocycles. The monoisotopic (exact) mass is 1060 g/mol. The number of nitrogens with one attached hydrogen (secondary N) is 6. The van der Waals surface area contributed by atoms with Gasteiger partial charge in [0.2, 0.25) is 23.6 Å². The van der Waals surface area contributed by atoms with Gasteiger partial charge in [0.15, 0.2) is 0 Å². The Kier molecular flexibility index (Phi) is 32.9. The van der Waals surface area contributed by atoms with E-state index in [-0.39, 0.29) is 103 Å². The largest absolute Gasteiger partial charge is 0.480 e. The van der Waals surface area contributed by atoms with Crippen molar-refractivity contribution in [3.8, 4) is 0 Å². The Labute approximate surface area is 438 Å². The van der Waals surface area contributed by atoms with Crippen LogP contribution in [-0.2, 0) is 49.6 Å². The number of hydrogen-bond donors (Lipinski definition) is 11. The Bertz CT molecular complexity index is 1920. The molecule has 2 rings (SSSR count). The molecule has 1 heterocycles. The van der Waals surface area contributed by atoms with Gasteiger partial charge in [0, 0.05) is 91.3 Å². The van der Waals surface area contributed by atoms with Gasteiger partial charge in [0.25, 0.3) is 0 Å². The van der Waals surface area contributed by atoms with Crippen molar-refractivity contribution in [3.05, 3.63) is 35.9 Å². The molecule has 0 saturated carbocycles. The third-order valence-corrected chi connectivity index (χ3v) is 12.4. The first-order chi connectivity index (χ1) is 35.8. The second-order valence-electron chi connectivity index (χ2n) is 18.7. The highest BCUT2D eigenvalue weighted by molar-refractivity contribution is 5.91. The van der Waals surface area contributed by atoms with Crippen molar-refractivity contribution < 1.29 is 73.5 Å². The number of carbonyl (C=O) groups is 10. The number of aliphatic carboxylic acids is 5. The third-order valence-electron chi connectivity index (χ3n) is 12.4. The highest BCUT2D eigenvalue weighted by atomic mass is 16.4. The van der Waals surface area contributed by atoms with Gasteiger partial charge in [0.05, 0.1) is 26.2 Å². The lowest BCUT2D eigenvalue weighted by atomic mass is 10.0. The molecular weight excluding hydrogens is 981 g/mol. The fourth-order valence-corrected chi connectivity index (χ4v) is 8.23. The van der Waals surface area contributed by atoms with Crippen LogP contribution in [-0.4, -0.2) is 221 Å². The van der Waals surface area contributed by atoms with Crippen LogP contribution in [0.5, 0.6) is 0 Å². The van der Waals surface area contributed by atoms with Crippen LogP contribution in [0, 0.1) is 0 Å². The molecule has 25 nitrogen and oxygen atoms in total. The summed E-state index contributed by atoms with van der Waals surface area (Å²) in [6.07, 6.45) is 7.55. The molecule has 6 amide bonds. The topological polar surface area (TPSA) is 357 Å². The Morgan fingerprint density at radius 2 is 0.867 bits per heavy atom. The summed E-state index contributed by atoms with van der Waals surface area (Å²) in [5.41, 5.74) is 0.693. The van der Waals surface area contributed by atoms with Crippen LogP contribution in [0.1, 0.15) is 102 Å². The number of amides is 6. The maximum atomic E-state index is 13.8. The SMILES string of the molecule is CCC[C@H](NC(=O)NCCCCCNC(=O)CCCCCCC(=O)NCCCCC(NC(=O)C(Cc1ccccc1)NC(=O)CN1CCN(CC(=O)O)CCN(CC(=O)O)CCN(CC(=O)O)CC1)C(=O)O)C(=O)O. The van der Waals surface area contributed by atoms with E-state index < -0.39 is 65.8 Å². The molecule has 3 atom stereocenters. The van der Waals surface area contributed by atoms with Gasteiger partial charge in [-0.2, -0.15) is 0 Å². The lowest BCUT2D eigenvalue weighted by Gasteiger charge is -2.33. The molecule has 11 N–H and O–H groups in total. The molecule has 1 aromatic rings. The minimum atomic E-state index is -1.30. The van der Waals surface area contributed by atoms with E-state index in [1.807, 2.05) is 6.92 Å². The lowest BCUT2D eigenvalue weighted by molar-refractivity contribution is -0.142. The first-order valence-electron chi connectivity index (χ1n) is 26.1. The summed E-state index contributed by atoms with van der Waals surface area (Å²) in [7, 11) is 0. The van der Waals surface area contributed by atoms with Gasteiger partial charge in [0.1, 0.15) is 18.1 Å². The van der Waals surface area contributed by atoms with Gasteiger partial charge in [-0.15, -0.1) is 0 Å². The number of carboxylic acids is 5. The predicted octanol–water partition coefficient (Wildman–Crippen LogP) is 0.225. The summed E-state index contributed by atoms with van der Waals surface area (Å²) in [5, 5.41) is 63.9. The molecule has 1 aliphatic rings. The van der Waals surface area contributed by atoms with E-state index in [4.69, 9.17) is 5.11 Å². The van der Waals surface area contributed by atoms with Gasteiger partial charge in [-0.25, -0.2) is 14.4 Å². The molecule has 75 heavy (non-hydrogen) atoms. The van der Waals surface area contributed by atoms with Gasteiger partial charge in [-0.3, -0.25) is 53.2 Å². The van der Waals surface area contributed by atoms with E-state index in [1.165, 1.54) is 0 Å². The summed E-state index contributed by atoms with van der Waals surface area (Å²) in [4.78, 5) is 129. The summed E-state index contributed by atoms with van der Waals surface area (Å²) in [6, 6.07) is 4.90. The molecule has 0 aliphatic carbocycles. The zero-order valence-electron chi connectivity index (χ0n) is 43.4. The van der Waals surface area contributed by atoms with Crippen molar-refractivity contribution in [2.75, 3.05) is 98.2 Å². The molecule has 25 heteroatoms. The molecule has 1 fully saturated rings. The van der Waals surface area contributed by atoms with Crippen LogP contribution >= 0.6 is 0 Å². The van der Waals surface area contributed by atoms with Gasteiger partial charge < -0.3 is 57.4 Å². The molecular formula is C50H82N10O15. The Morgan fingerprint density at radius 1 is 0.453 bits per heavy atom. The summed E-state index contributed by atoms with van der Waals surface area (Å²) < 4.78 is 0. The molecule has 0 radical (unpaired) electrons. The predicted molar refractivity (Wildman–Crippen MR) is 275 cm³/mol. The molecule has 1 saturated heterocycles. The fraction of sp³-hybridized carbons (Fsp3) is 0.680. The lowest BCUT2D eigenvalue weighted by Crippen LogP contribution is -2.54. The maximum Gasteiger partial charge on any atom is 0.326 e. The maximum absolute atomic E-state index is 13.8. The van der Waals surface area contributed by atoms with Crippen LogP contribution in [0.2, 0.25) is 0 Å². The van der Waals surface area contributed by atoms with Crippen LogP contribution in [0.25, 0.3) is 0 Å². The van der Waals surface area contributed by atoms with Crippen LogP contribution in [0.4, 0.5) is 4.79 Å². The minimum Gasteiger partial charge on any atom is -0.480 e. The number of unbranched alkanes of at least 4 members (excludes halogenated alkanes) is 6. The molecule has 0 spiro atoms. The summed E-state index contributed by atoms with van der Waals surface area (Å²) >= 11 is 0. The van der Waals surface area contributed by atoms with E-state index in [2.05, 4.69) is 31.9 Å². The van der Waals surface area contributed by atoms with Crippen LogP contribution < -0.4 is 31.9 Å². The van der Waals surface area contributed by atoms with Crippen molar-refractivity contribution >= 4 is 59.5 Å². The number of urea groups is 1. The summed E-state index contributed by atoms with van der Waals surface area (Å²) in [5.74, 6) is -7.13. The first-order valence-corrected chi connectivity index (χ1v) is 26.1. The molecule has 2 unspecified atom stereocenters. The molecule has 1 aliphatic heterocycles. The first kappa shape index (κ1) is 64.7. The molecule has 0 bridgehead atoms. The molecule has 422 valence electrons. The number of hydrogen-bond acceptors (Lipinski definition) is 14. The zero-order chi connectivity index (χ0) is 55.4. The second kappa shape index (κ2) is 38.2. The van der Waals surface area contributed by atoms with E-state index in [0.717, 1.165) is 25.7 Å². The van der Waals surface area contributed by atoms with Gasteiger partial charge in [-0.05, 0) is 63.4 Å². The third kappa shape index (κ3) is 31.8. The number of carbonyl (C=O) groups excluding carboxylic acids is 5. The van der Waals surface area contributed by atoms with Gasteiger partial charge >= 0.3 is 35.9 Å². The standard InChI is InChI=1S/C50H82N10O15/c1-2-15-38(48(71)72)56-50(75)53-23-13-6-12-21-51-41(61)19-9-3-4-10-20-42(62)52-22-14-11-18-39(49(73)74)55-47(70)40(32-37-16-7-5-8-17-37)54-43(63)33-57-24-26-58(34-44(64)65)28-30-60(36-46(68)69)31-29-59(27-25-57)35-45(66)67/h5,7-8,16-17,38-40H,2-4,6,9-15,18-36H2,1H3,(H,51,61)(H,52,62)(H,54,63)(H,55,70)(H,64,65)(H,66,67)(H,68,69)(H,71,72)(H,73,74)(H2,53,56,75)/t38-,39?,40?/m0/s1. The van der Waals surface area contributed by atoms with Crippen molar-refractivity contribution in [1.82, 2.24) is 51.5 Å². The van der Waals surface area contributed by atoms with Crippen molar-refractivity contribution in [3.63, 3.8) is 0 Å². The average Bonchev–Trinajstić information content (AvgIpc) is 3.34. The van der Waals surface area contributed by atoms with E-state index >= 15 is 0 Å². The van der Waals surface area contributed by atoms with Gasteiger partial charge in [-0.1, -0.05) is 56.5 Å². The van der Waals surface area contributed by atoms with E-state index in [1.54, 1.807) is 49.9 Å². The van der Waals surface area contributed by atoms with E-state index in [0.29, 0.717) is 83.0 Å². The Hall–Kier alpha value is -6.44. The van der Waals surface area contributed by atoms with Crippen LogP contribution in [0.15, 0.2) is 30.3 Å². The number of carboxylic acid groups (broad SMARTS) is 5. The smallest absolute Gasteiger partial charge is 0.326 e.